The highest BCUT2D eigenvalue weighted by Gasteiger charge is 2.41. The van der Waals surface area contributed by atoms with Crippen LogP contribution < -0.4 is 0 Å². The Morgan fingerprint density at radius 3 is 3.11 bits per heavy atom. The predicted molar refractivity (Wildman–Crippen MR) is 63.7 cm³/mol. The van der Waals surface area contributed by atoms with Crippen molar-refractivity contribution in [3.05, 3.63) is 12.7 Å². The predicted octanol–water partition coefficient (Wildman–Crippen LogP) is 0.447. The number of carbonyl (C=O) groups excluding carboxylic acids is 1. The van der Waals surface area contributed by atoms with E-state index in [1.165, 1.54) is 0 Å². The normalized spacial score (nSPS) is 32.9. The second-order valence-corrected chi connectivity index (χ2v) is 5.15. The van der Waals surface area contributed by atoms with Crippen LogP contribution in [-0.4, -0.2) is 50.4 Å². The smallest absolute Gasteiger partial charge is 0.323 e. The van der Waals surface area contributed by atoms with E-state index in [1.54, 1.807) is 12.7 Å². The van der Waals surface area contributed by atoms with Crippen molar-refractivity contribution in [2.45, 2.75) is 50.9 Å². The molecule has 2 fully saturated rings. The number of likely N-dealkylation sites (tertiary alicyclic amines) is 1. The first-order valence-electron chi connectivity index (χ1n) is 6.52. The molecule has 0 radical (unpaired) electrons. The summed E-state index contributed by atoms with van der Waals surface area (Å²) < 4.78 is 7.09. The fourth-order valence-electron chi connectivity index (χ4n) is 3.01. The molecule has 6 heteroatoms. The third-order valence-electron chi connectivity index (χ3n) is 3.83. The van der Waals surface area contributed by atoms with E-state index < -0.39 is 0 Å². The Morgan fingerprint density at radius 2 is 2.44 bits per heavy atom. The van der Waals surface area contributed by atoms with Gasteiger partial charge >= 0.3 is 5.97 Å². The van der Waals surface area contributed by atoms with Crippen LogP contribution in [0.3, 0.4) is 0 Å². The highest BCUT2D eigenvalue weighted by atomic mass is 16.6. The maximum Gasteiger partial charge on any atom is 0.323 e. The van der Waals surface area contributed by atoms with Gasteiger partial charge in [-0.05, 0) is 26.3 Å². The van der Waals surface area contributed by atoms with Crippen LogP contribution in [0, 0.1) is 0 Å². The number of hydrogen-bond donors (Lipinski definition) is 0. The van der Waals surface area contributed by atoms with E-state index in [-0.39, 0.29) is 18.1 Å². The van der Waals surface area contributed by atoms with Gasteiger partial charge in [0, 0.05) is 12.5 Å². The number of nitrogens with zero attached hydrogens (tertiary/aromatic N) is 4. The number of hydrogen-bond acceptors (Lipinski definition) is 5. The lowest BCUT2D eigenvalue weighted by molar-refractivity contribution is -0.145. The summed E-state index contributed by atoms with van der Waals surface area (Å²) in [5.74, 6) is -0.0620. The number of aromatic nitrogens is 3. The number of ether oxygens (including phenoxy) is 1. The second kappa shape index (κ2) is 4.68. The zero-order chi connectivity index (χ0) is 12.5. The molecule has 0 aromatic carbocycles. The molecule has 0 N–H and O–H groups in total. The van der Waals surface area contributed by atoms with Gasteiger partial charge in [0.05, 0.1) is 6.54 Å². The molecule has 2 aliphatic heterocycles. The fraction of sp³-hybridized carbons (Fsp3) is 0.750. The molecule has 0 amide bonds. The van der Waals surface area contributed by atoms with Gasteiger partial charge in [-0.15, -0.1) is 0 Å². The van der Waals surface area contributed by atoms with E-state index >= 15 is 0 Å². The summed E-state index contributed by atoms with van der Waals surface area (Å²) in [4.78, 5) is 18.1. The Labute approximate surface area is 106 Å². The Bertz CT molecular complexity index is 420. The van der Waals surface area contributed by atoms with Crippen LogP contribution in [0.1, 0.15) is 26.2 Å². The van der Waals surface area contributed by atoms with Gasteiger partial charge in [0.1, 0.15) is 24.8 Å². The van der Waals surface area contributed by atoms with E-state index in [4.69, 9.17) is 4.74 Å². The first-order chi connectivity index (χ1) is 8.74. The van der Waals surface area contributed by atoms with E-state index in [1.807, 2.05) is 11.6 Å². The van der Waals surface area contributed by atoms with Crippen molar-refractivity contribution in [3.8, 4) is 0 Å². The summed E-state index contributed by atoms with van der Waals surface area (Å²) in [6.07, 6.45) is 6.38. The Hall–Kier alpha value is -1.43. The molecule has 6 nitrogen and oxygen atoms in total. The standard InChI is InChI=1S/C12H18N4O2/c1-9-5-11(12(17)18-9)16-4-2-3-10(16)6-15-8-13-7-14-15/h7-11H,2-6H2,1H3. The van der Waals surface area contributed by atoms with E-state index in [0.717, 1.165) is 32.4 Å². The van der Waals surface area contributed by atoms with Crippen LogP contribution in [0.15, 0.2) is 12.7 Å². The van der Waals surface area contributed by atoms with Gasteiger partial charge in [0.15, 0.2) is 0 Å². The fourth-order valence-corrected chi connectivity index (χ4v) is 3.01. The first-order valence-corrected chi connectivity index (χ1v) is 6.52. The topological polar surface area (TPSA) is 60.2 Å². The third kappa shape index (κ3) is 2.12. The van der Waals surface area contributed by atoms with Crippen molar-refractivity contribution >= 4 is 5.97 Å². The molecule has 0 bridgehead atoms. The Morgan fingerprint density at radius 1 is 1.56 bits per heavy atom. The highest BCUT2D eigenvalue weighted by Crippen LogP contribution is 2.28. The number of cyclic esters (lactones) is 1. The Kier molecular flexibility index (Phi) is 3.03. The van der Waals surface area contributed by atoms with Gasteiger partial charge in [-0.1, -0.05) is 0 Å². The van der Waals surface area contributed by atoms with Gasteiger partial charge in [-0.2, -0.15) is 5.10 Å². The van der Waals surface area contributed by atoms with Crippen molar-refractivity contribution in [3.63, 3.8) is 0 Å². The number of esters is 1. The maximum absolute atomic E-state index is 11.8. The van der Waals surface area contributed by atoms with E-state index in [2.05, 4.69) is 15.0 Å². The molecule has 0 aliphatic carbocycles. The molecule has 3 unspecified atom stereocenters. The van der Waals surface area contributed by atoms with Gasteiger partial charge in [-0.3, -0.25) is 14.4 Å². The molecule has 3 atom stereocenters. The maximum atomic E-state index is 11.8. The molecule has 0 saturated carbocycles. The quantitative estimate of drug-likeness (QED) is 0.729. The van der Waals surface area contributed by atoms with Crippen LogP contribution in [-0.2, 0) is 16.1 Å². The largest absolute Gasteiger partial charge is 0.461 e. The molecule has 18 heavy (non-hydrogen) atoms. The van der Waals surface area contributed by atoms with Crippen molar-refractivity contribution in [2.24, 2.45) is 0 Å². The Balaban J connectivity index is 1.69. The van der Waals surface area contributed by atoms with Crippen LogP contribution in [0.4, 0.5) is 0 Å². The summed E-state index contributed by atoms with van der Waals surface area (Å²) in [5, 5.41) is 4.14. The van der Waals surface area contributed by atoms with Crippen LogP contribution >= 0.6 is 0 Å². The second-order valence-electron chi connectivity index (χ2n) is 5.15. The lowest BCUT2D eigenvalue weighted by Crippen LogP contribution is -2.43. The molecule has 1 aromatic rings. The van der Waals surface area contributed by atoms with Crippen molar-refractivity contribution in [1.29, 1.82) is 0 Å². The molecule has 1 aromatic heterocycles. The van der Waals surface area contributed by atoms with Crippen LogP contribution in [0.2, 0.25) is 0 Å². The molecule has 2 aliphatic rings. The van der Waals surface area contributed by atoms with Crippen LogP contribution in [0.25, 0.3) is 0 Å². The van der Waals surface area contributed by atoms with Gasteiger partial charge < -0.3 is 4.74 Å². The molecular weight excluding hydrogens is 232 g/mol. The lowest BCUT2D eigenvalue weighted by Gasteiger charge is -2.27. The minimum absolute atomic E-state index is 0.0510. The zero-order valence-electron chi connectivity index (χ0n) is 10.5. The lowest BCUT2D eigenvalue weighted by atomic mass is 10.1. The molecule has 98 valence electrons. The van der Waals surface area contributed by atoms with E-state index in [9.17, 15) is 4.79 Å². The number of carbonyl (C=O) groups is 1. The molecule has 3 heterocycles. The average molecular weight is 250 g/mol. The summed E-state index contributed by atoms with van der Waals surface area (Å²) in [6.45, 7) is 3.74. The minimum Gasteiger partial charge on any atom is -0.461 e. The first kappa shape index (κ1) is 11.6. The van der Waals surface area contributed by atoms with Gasteiger partial charge in [0.2, 0.25) is 0 Å². The molecule has 3 rings (SSSR count). The molecular formula is C12H18N4O2. The molecule has 2 saturated heterocycles. The summed E-state index contributed by atoms with van der Waals surface area (Å²) in [7, 11) is 0. The summed E-state index contributed by atoms with van der Waals surface area (Å²) >= 11 is 0. The van der Waals surface area contributed by atoms with Gasteiger partial charge in [0.25, 0.3) is 0 Å². The monoisotopic (exact) mass is 250 g/mol. The molecule has 0 spiro atoms. The zero-order valence-corrected chi connectivity index (χ0v) is 10.5. The SMILES string of the molecule is CC1CC(N2CCCC2Cn2cncn2)C(=O)O1. The number of rotatable bonds is 3. The highest BCUT2D eigenvalue weighted by molar-refractivity contribution is 5.78. The average Bonchev–Trinajstić information content (AvgIpc) is 3.02. The minimum atomic E-state index is -0.0620. The van der Waals surface area contributed by atoms with Crippen molar-refractivity contribution < 1.29 is 9.53 Å². The van der Waals surface area contributed by atoms with E-state index in [0.29, 0.717) is 6.04 Å². The van der Waals surface area contributed by atoms with Crippen molar-refractivity contribution in [2.75, 3.05) is 6.54 Å². The van der Waals surface area contributed by atoms with Crippen LogP contribution in [0.5, 0.6) is 0 Å². The third-order valence-corrected chi connectivity index (χ3v) is 3.83. The van der Waals surface area contributed by atoms with Gasteiger partial charge in [-0.25, -0.2) is 4.98 Å². The summed E-state index contributed by atoms with van der Waals surface area (Å²) in [5.41, 5.74) is 0. The summed E-state index contributed by atoms with van der Waals surface area (Å²) in [6, 6.07) is 0.311. The van der Waals surface area contributed by atoms with Crippen molar-refractivity contribution in [1.82, 2.24) is 19.7 Å².